The largest absolute Gasteiger partial charge is 0.0496 e. The number of rotatable bonds is 0. The molecule has 0 amide bonds. The SMILES string of the molecule is C1C2CC34CC[C@H]2CC3CC14. The second-order valence-corrected chi connectivity index (χ2v) is 5.60. The van der Waals surface area contributed by atoms with E-state index in [1.807, 2.05) is 0 Å². The summed E-state index contributed by atoms with van der Waals surface area (Å²) in [6, 6.07) is 0. The van der Waals surface area contributed by atoms with Crippen molar-refractivity contribution in [2.24, 2.45) is 29.1 Å². The Kier molecular flexibility index (Phi) is 0.717. The highest BCUT2D eigenvalue weighted by molar-refractivity contribution is 5.15. The van der Waals surface area contributed by atoms with Crippen molar-refractivity contribution >= 4 is 0 Å². The van der Waals surface area contributed by atoms with Gasteiger partial charge in [-0.05, 0) is 67.6 Å². The molecule has 0 radical (unpaired) electrons. The topological polar surface area (TPSA) is 0 Å². The van der Waals surface area contributed by atoms with Crippen LogP contribution in [0.1, 0.15) is 38.5 Å². The third kappa shape index (κ3) is 0.421. The van der Waals surface area contributed by atoms with E-state index in [0.717, 1.165) is 5.41 Å². The van der Waals surface area contributed by atoms with Crippen LogP contribution in [-0.2, 0) is 0 Å². The van der Waals surface area contributed by atoms with E-state index in [1.54, 1.807) is 38.5 Å². The van der Waals surface area contributed by atoms with Crippen molar-refractivity contribution < 1.29 is 0 Å². The maximum atomic E-state index is 1.66. The van der Waals surface area contributed by atoms with Crippen molar-refractivity contribution in [3.8, 4) is 0 Å². The van der Waals surface area contributed by atoms with E-state index in [4.69, 9.17) is 0 Å². The Labute approximate surface area is 68.4 Å². The molecule has 0 heterocycles. The first-order chi connectivity index (χ1) is 5.38. The highest BCUT2D eigenvalue weighted by atomic mass is 14.7. The van der Waals surface area contributed by atoms with Gasteiger partial charge in [0.2, 0.25) is 0 Å². The van der Waals surface area contributed by atoms with Crippen LogP contribution in [-0.4, -0.2) is 0 Å². The van der Waals surface area contributed by atoms with Gasteiger partial charge in [-0.1, -0.05) is 0 Å². The van der Waals surface area contributed by atoms with Crippen LogP contribution in [0.3, 0.4) is 0 Å². The predicted octanol–water partition coefficient (Wildman–Crippen LogP) is 2.83. The van der Waals surface area contributed by atoms with Gasteiger partial charge in [0.1, 0.15) is 0 Å². The second-order valence-electron chi connectivity index (χ2n) is 5.60. The Balaban J connectivity index is 1.91. The highest BCUT2D eigenvalue weighted by Crippen LogP contribution is 2.75. The zero-order valence-electron chi connectivity index (χ0n) is 7.05. The van der Waals surface area contributed by atoms with E-state index in [-0.39, 0.29) is 0 Å². The molecule has 1 spiro atoms. The average molecular weight is 148 g/mol. The molecule has 0 aromatic rings. The van der Waals surface area contributed by atoms with Crippen LogP contribution >= 0.6 is 0 Å². The van der Waals surface area contributed by atoms with E-state index in [2.05, 4.69) is 0 Å². The molecule has 0 aliphatic heterocycles. The summed E-state index contributed by atoms with van der Waals surface area (Å²) in [7, 11) is 0. The molecule has 5 aliphatic carbocycles. The van der Waals surface area contributed by atoms with Crippen LogP contribution in [0.2, 0.25) is 0 Å². The maximum absolute atomic E-state index is 1.66. The molecule has 5 rings (SSSR count). The van der Waals surface area contributed by atoms with Crippen LogP contribution < -0.4 is 0 Å². The van der Waals surface area contributed by atoms with Gasteiger partial charge < -0.3 is 0 Å². The average Bonchev–Trinajstić information content (AvgIpc) is 2.23. The van der Waals surface area contributed by atoms with Crippen molar-refractivity contribution in [3.63, 3.8) is 0 Å². The van der Waals surface area contributed by atoms with Gasteiger partial charge in [-0.3, -0.25) is 0 Å². The van der Waals surface area contributed by atoms with Crippen LogP contribution in [0.25, 0.3) is 0 Å². The van der Waals surface area contributed by atoms with Crippen molar-refractivity contribution in [1.29, 1.82) is 0 Å². The standard InChI is InChI=1S/C11H16/c1-2-11-6-8-4-10(11)5-9(11)3-7(1)8/h7-10H,1-6H2/t7-,8?,9?,10?,11?/m0/s1. The first-order valence-corrected chi connectivity index (χ1v) is 5.38. The van der Waals surface area contributed by atoms with Crippen molar-refractivity contribution in [1.82, 2.24) is 0 Å². The first kappa shape index (κ1) is 5.61. The van der Waals surface area contributed by atoms with Crippen molar-refractivity contribution in [3.05, 3.63) is 0 Å². The summed E-state index contributed by atoms with van der Waals surface area (Å²) in [5.74, 6) is 4.82. The molecule has 3 bridgehead atoms. The highest BCUT2D eigenvalue weighted by Gasteiger charge is 2.66. The van der Waals surface area contributed by atoms with Crippen LogP contribution in [0.15, 0.2) is 0 Å². The lowest BCUT2D eigenvalue weighted by molar-refractivity contribution is -0.101. The normalized spacial score (nSPS) is 69.8. The third-order valence-electron chi connectivity index (χ3n) is 5.66. The van der Waals surface area contributed by atoms with E-state index in [1.165, 1.54) is 23.7 Å². The minimum atomic E-state index is 0.958. The van der Waals surface area contributed by atoms with E-state index in [9.17, 15) is 0 Å². The van der Waals surface area contributed by atoms with E-state index >= 15 is 0 Å². The summed E-state index contributed by atoms with van der Waals surface area (Å²) in [6.45, 7) is 0. The van der Waals surface area contributed by atoms with E-state index < -0.39 is 0 Å². The predicted molar refractivity (Wildman–Crippen MR) is 44.1 cm³/mol. The van der Waals surface area contributed by atoms with Crippen molar-refractivity contribution in [2.45, 2.75) is 38.5 Å². The Morgan fingerprint density at radius 2 is 1.73 bits per heavy atom. The number of hydrogen-bond acceptors (Lipinski definition) is 0. The molecule has 0 N–H and O–H groups in total. The van der Waals surface area contributed by atoms with Gasteiger partial charge in [-0.25, -0.2) is 0 Å². The molecule has 0 saturated heterocycles. The number of fused-ring (bicyclic) bond motifs is 1. The lowest BCUT2D eigenvalue weighted by Crippen LogP contribution is -2.51. The summed E-state index contributed by atoms with van der Waals surface area (Å²) in [4.78, 5) is 0. The Hall–Kier alpha value is 0. The van der Waals surface area contributed by atoms with Gasteiger partial charge in [-0.2, -0.15) is 0 Å². The monoisotopic (exact) mass is 148 g/mol. The molecule has 5 aliphatic rings. The van der Waals surface area contributed by atoms with Gasteiger partial charge in [0.05, 0.1) is 0 Å². The molecule has 5 saturated carbocycles. The number of hydrogen-bond donors (Lipinski definition) is 0. The van der Waals surface area contributed by atoms with Gasteiger partial charge in [0.25, 0.3) is 0 Å². The molecule has 5 atom stereocenters. The Morgan fingerprint density at radius 3 is 2.55 bits per heavy atom. The lowest BCUT2D eigenvalue weighted by atomic mass is 9.45. The van der Waals surface area contributed by atoms with Crippen LogP contribution in [0.5, 0.6) is 0 Å². The third-order valence-corrected chi connectivity index (χ3v) is 5.66. The molecule has 0 nitrogen and oxygen atoms in total. The fraction of sp³-hybridized carbons (Fsp3) is 1.00. The second kappa shape index (κ2) is 1.41. The lowest BCUT2D eigenvalue weighted by Gasteiger charge is -2.60. The zero-order valence-corrected chi connectivity index (χ0v) is 7.05. The molecule has 4 unspecified atom stereocenters. The maximum Gasteiger partial charge on any atom is -0.0238 e. The summed E-state index contributed by atoms with van der Waals surface area (Å²) >= 11 is 0. The van der Waals surface area contributed by atoms with Gasteiger partial charge in [-0.15, -0.1) is 0 Å². The summed E-state index contributed by atoms with van der Waals surface area (Å²) in [6.07, 6.45) is 9.81. The van der Waals surface area contributed by atoms with Gasteiger partial charge in [0.15, 0.2) is 0 Å². The molecule has 5 fully saturated rings. The van der Waals surface area contributed by atoms with Crippen LogP contribution in [0.4, 0.5) is 0 Å². The molecule has 60 valence electrons. The fourth-order valence-electron chi connectivity index (χ4n) is 5.15. The quantitative estimate of drug-likeness (QED) is 0.495. The minimum Gasteiger partial charge on any atom is -0.0496 e. The zero-order chi connectivity index (χ0) is 7.05. The summed E-state index contributed by atoms with van der Waals surface area (Å²) in [5.41, 5.74) is 0.958. The Morgan fingerprint density at radius 1 is 0.909 bits per heavy atom. The van der Waals surface area contributed by atoms with Gasteiger partial charge >= 0.3 is 0 Å². The molecular weight excluding hydrogens is 132 g/mol. The first-order valence-electron chi connectivity index (χ1n) is 5.38. The molecular formula is C11H16. The Bertz CT molecular complexity index is 203. The van der Waals surface area contributed by atoms with Crippen LogP contribution in [0, 0.1) is 29.1 Å². The minimum absolute atomic E-state index is 0.958. The molecule has 11 heavy (non-hydrogen) atoms. The van der Waals surface area contributed by atoms with Gasteiger partial charge in [0, 0.05) is 0 Å². The molecule has 0 aromatic heterocycles. The molecule has 0 heteroatoms. The summed E-state index contributed by atoms with van der Waals surface area (Å²) < 4.78 is 0. The van der Waals surface area contributed by atoms with E-state index in [0.29, 0.717) is 0 Å². The fourth-order valence-corrected chi connectivity index (χ4v) is 5.15. The molecule has 0 aromatic carbocycles. The summed E-state index contributed by atoms with van der Waals surface area (Å²) in [5, 5.41) is 0. The van der Waals surface area contributed by atoms with Crippen molar-refractivity contribution in [2.75, 3.05) is 0 Å². The smallest absolute Gasteiger partial charge is 0.0238 e.